The minimum absolute atomic E-state index is 0.286. The molecule has 0 aromatic heterocycles. The van der Waals surface area contributed by atoms with Gasteiger partial charge in [0.05, 0.1) is 24.9 Å². The highest BCUT2D eigenvalue weighted by molar-refractivity contribution is 6.36. The van der Waals surface area contributed by atoms with Crippen LogP contribution < -0.4 is 14.8 Å². The quantitative estimate of drug-likeness (QED) is 0.576. The largest absolute Gasteiger partial charge is 0.497 e. The Bertz CT molecular complexity index is 989. The standard InChI is InChI=1S/C21H17Cl2NO3/c1-26-16-5-3-4-13(10-16)17-11-14(6-9-20(17)27-2)21(25)24-19-8-7-15(22)12-18(19)23/h3-12H,1-2H3,(H,24,25). The summed E-state index contributed by atoms with van der Waals surface area (Å²) in [6, 6.07) is 17.7. The molecule has 6 heteroatoms. The second-order valence-electron chi connectivity index (χ2n) is 5.73. The zero-order valence-electron chi connectivity index (χ0n) is 14.8. The van der Waals surface area contributed by atoms with E-state index in [1.165, 1.54) is 0 Å². The minimum atomic E-state index is -0.286. The zero-order chi connectivity index (χ0) is 19.4. The van der Waals surface area contributed by atoms with Gasteiger partial charge in [-0.3, -0.25) is 4.79 Å². The Hall–Kier alpha value is -2.69. The SMILES string of the molecule is COc1cccc(-c2cc(C(=O)Nc3ccc(Cl)cc3Cl)ccc2OC)c1. The fourth-order valence-corrected chi connectivity index (χ4v) is 3.11. The monoisotopic (exact) mass is 401 g/mol. The average Bonchev–Trinajstić information content (AvgIpc) is 2.69. The van der Waals surface area contributed by atoms with Crippen LogP contribution in [0.3, 0.4) is 0 Å². The van der Waals surface area contributed by atoms with E-state index in [0.29, 0.717) is 27.0 Å². The second kappa shape index (κ2) is 8.33. The van der Waals surface area contributed by atoms with Gasteiger partial charge in [0.1, 0.15) is 11.5 Å². The average molecular weight is 402 g/mol. The molecule has 0 bridgehead atoms. The van der Waals surface area contributed by atoms with Gasteiger partial charge < -0.3 is 14.8 Å². The molecule has 0 radical (unpaired) electrons. The van der Waals surface area contributed by atoms with Gasteiger partial charge in [-0.1, -0.05) is 35.3 Å². The van der Waals surface area contributed by atoms with Crippen molar-refractivity contribution in [3.8, 4) is 22.6 Å². The lowest BCUT2D eigenvalue weighted by molar-refractivity contribution is 0.102. The Morgan fingerprint density at radius 3 is 2.44 bits per heavy atom. The number of methoxy groups -OCH3 is 2. The summed E-state index contributed by atoms with van der Waals surface area (Å²) in [6.45, 7) is 0. The van der Waals surface area contributed by atoms with E-state index >= 15 is 0 Å². The third-order valence-electron chi connectivity index (χ3n) is 4.02. The molecule has 1 amide bonds. The molecule has 3 aromatic rings. The van der Waals surface area contributed by atoms with Gasteiger partial charge in [0.25, 0.3) is 5.91 Å². The van der Waals surface area contributed by atoms with Crippen LogP contribution in [0.25, 0.3) is 11.1 Å². The van der Waals surface area contributed by atoms with Gasteiger partial charge in [-0.25, -0.2) is 0 Å². The van der Waals surface area contributed by atoms with E-state index in [1.807, 2.05) is 24.3 Å². The van der Waals surface area contributed by atoms with Crippen molar-refractivity contribution in [2.75, 3.05) is 19.5 Å². The van der Waals surface area contributed by atoms with Gasteiger partial charge in [0, 0.05) is 16.1 Å². The fraction of sp³-hybridized carbons (Fsp3) is 0.0952. The summed E-state index contributed by atoms with van der Waals surface area (Å²) in [7, 11) is 3.20. The molecule has 0 fully saturated rings. The van der Waals surface area contributed by atoms with E-state index in [4.69, 9.17) is 32.7 Å². The molecule has 4 nitrogen and oxygen atoms in total. The summed E-state index contributed by atoms with van der Waals surface area (Å²) >= 11 is 12.0. The number of anilines is 1. The van der Waals surface area contributed by atoms with Gasteiger partial charge in [-0.2, -0.15) is 0 Å². The van der Waals surface area contributed by atoms with Crippen molar-refractivity contribution in [2.24, 2.45) is 0 Å². The Morgan fingerprint density at radius 2 is 1.74 bits per heavy atom. The number of nitrogens with one attached hydrogen (secondary N) is 1. The maximum absolute atomic E-state index is 12.7. The number of amides is 1. The first-order chi connectivity index (χ1) is 13.0. The van der Waals surface area contributed by atoms with Crippen molar-refractivity contribution in [3.63, 3.8) is 0 Å². The second-order valence-corrected chi connectivity index (χ2v) is 6.57. The van der Waals surface area contributed by atoms with Crippen LogP contribution in [0.15, 0.2) is 60.7 Å². The van der Waals surface area contributed by atoms with Crippen LogP contribution in [0.2, 0.25) is 10.0 Å². The smallest absolute Gasteiger partial charge is 0.255 e. The fourth-order valence-electron chi connectivity index (χ4n) is 2.65. The van der Waals surface area contributed by atoms with E-state index in [-0.39, 0.29) is 5.91 Å². The van der Waals surface area contributed by atoms with E-state index in [9.17, 15) is 4.79 Å². The van der Waals surface area contributed by atoms with Gasteiger partial charge >= 0.3 is 0 Å². The number of carbonyl (C=O) groups is 1. The van der Waals surface area contributed by atoms with Crippen LogP contribution >= 0.6 is 23.2 Å². The molecule has 0 unspecified atom stereocenters. The molecule has 0 heterocycles. The highest BCUT2D eigenvalue weighted by atomic mass is 35.5. The summed E-state index contributed by atoms with van der Waals surface area (Å²) < 4.78 is 10.7. The molecule has 0 saturated carbocycles. The van der Waals surface area contributed by atoms with Crippen LogP contribution in [0.1, 0.15) is 10.4 Å². The molecule has 3 rings (SSSR count). The Labute approximate surface area is 167 Å². The molecule has 138 valence electrons. The molecule has 0 aliphatic heterocycles. The first-order valence-corrected chi connectivity index (χ1v) is 8.86. The Kier molecular flexibility index (Phi) is 5.89. The molecule has 0 aliphatic rings. The lowest BCUT2D eigenvalue weighted by Crippen LogP contribution is -2.12. The molecule has 3 aromatic carbocycles. The van der Waals surface area contributed by atoms with Gasteiger partial charge in [0.15, 0.2) is 0 Å². The summed E-state index contributed by atoms with van der Waals surface area (Å²) in [5, 5.41) is 3.67. The molecule has 0 atom stereocenters. The number of hydrogen-bond donors (Lipinski definition) is 1. The Morgan fingerprint density at radius 1 is 0.926 bits per heavy atom. The van der Waals surface area contributed by atoms with Crippen LogP contribution in [0, 0.1) is 0 Å². The normalized spacial score (nSPS) is 10.4. The molecule has 0 spiro atoms. The predicted molar refractivity (Wildman–Crippen MR) is 109 cm³/mol. The molecular formula is C21H17Cl2NO3. The van der Waals surface area contributed by atoms with Crippen LogP contribution in [0.4, 0.5) is 5.69 Å². The number of hydrogen-bond acceptors (Lipinski definition) is 3. The van der Waals surface area contributed by atoms with Crippen molar-refractivity contribution in [1.29, 1.82) is 0 Å². The molecule has 0 aliphatic carbocycles. The third-order valence-corrected chi connectivity index (χ3v) is 4.57. The predicted octanol–water partition coefficient (Wildman–Crippen LogP) is 5.93. The molecule has 1 N–H and O–H groups in total. The van der Waals surface area contributed by atoms with Gasteiger partial charge in [-0.15, -0.1) is 0 Å². The van der Waals surface area contributed by atoms with E-state index in [0.717, 1.165) is 16.9 Å². The number of carbonyl (C=O) groups excluding carboxylic acids is 1. The van der Waals surface area contributed by atoms with E-state index < -0.39 is 0 Å². The highest BCUT2D eigenvalue weighted by Gasteiger charge is 2.14. The maximum Gasteiger partial charge on any atom is 0.255 e. The van der Waals surface area contributed by atoms with Gasteiger partial charge in [-0.05, 0) is 54.1 Å². The van der Waals surface area contributed by atoms with E-state index in [2.05, 4.69) is 5.32 Å². The topological polar surface area (TPSA) is 47.6 Å². The lowest BCUT2D eigenvalue weighted by atomic mass is 10.0. The van der Waals surface area contributed by atoms with E-state index in [1.54, 1.807) is 50.6 Å². The lowest BCUT2D eigenvalue weighted by Gasteiger charge is -2.13. The Balaban J connectivity index is 1.95. The van der Waals surface area contributed by atoms with Crippen molar-refractivity contribution in [1.82, 2.24) is 0 Å². The molecule has 27 heavy (non-hydrogen) atoms. The summed E-state index contributed by atoms with van der Waals surface area (Å²) in [5.74, 6) is 1.09. The maximum atomic E-state index is 12.7. The van der Waals surface area contributed by atoms with Crippen LogP contribution in [-0.2, 0) is 0 Å². The highest BCUT2D eigenvalue weighted by Crippen LogP contribution is 2.33. The summed E-state index contributed by atoms with van der Waals surface area (Å²) in [6.07, 6.45) is 0. The number of ether oxygens (including phenoxy) is 2. The molecule has 0 saturated heterocycles. The number of rotatable bonds is 5. The first kappa shape index (κ1) is 19.1. The van der Waals surface area contributed by atoms with Crippen molar-refractivity contribution in [2.45, 2.75) is 0 Å². The summed E-state index contributed by atoms with van der Waals surface area (Å²) in [5.41, 5.74) is 2.63. The summed E-state index contributed by atoms with van der Waals surface area (Å²) in [4.78, 5) is 12.7. The van der Waals surface area contributed by atoms with Crippen LogP contribution in [-0.4, -0.2) is 20.1 Å². The first-order valence-electron chi connectivity index (χ1n) is 8.10. The number of halogens is 2. The minimum Gasteiger partial charge on any atom is -0.497 e. The van der Waals surface area contributed by atoms with Crippen molar-refractivity contribution in [3.05, 3.63) is 76.3 Å². The van der Waals surface area contributed by atoms with Gasteiger partial charge in [0.2, 0.25) is 0 Å². The third kappa shape index (κ3) is 4.35. The van der Waals surface area contributed by atoms with Crippen molar-refractivity contribution >= 4 is 34.8 Å². The molecular weight excluding hydrogens is 385 g/mol. The van der Waals surface area contributed by atoms with Crippen LogP contribution in [0.5, 0.6) is 11.5 Å². The van der Waals surface area contributed by atoms with Crippen molar-refractivity contribution < 1.29 is 14.3 Å². The zero-order valence-corrected chi connectivity index (χ0v) is 16.3. The number of benzene rings is 3.